The SMILES string of the molecule is CN1CCN2C(=O)C(c3ccccn3)NCC2C1. The maximum absolute atomic E-state index is 12.5. The van der Waals surface area contributed by atoms with E-state index in [1.165, 1.54) is 0 Å². The van der Waals surface area contributed by atoms with Gasteiger partial charge in [-0.15, -0.1) is 0 Å². The number of nitrogens with one attached hydrogen (secondary N) is 1. The summed E-state index contributed by atoms with van der Waals surface area (Å²) in [5.41, 5.74) is 0.819. The van der Waals surface area contributed by atoms with Gasteiger partial charge in [-0.3, -0.25) is 15.1 Å². The van der Waals surface area contributed by atoms with E-state index in [2.05, 4.69) is 22.2 Å². The molecule has 1 amide bonds. The highest BCUT2D eigenvalue weighted by molar-refractivity contribution is 5.84. The molecule has 5 heteroatoms. The first-order valence-corrected chi connectivity index (χ1v) is 6.39. The molecule has 0 spiro atoms. The summed E-state index contributed by atoms with van der Waals surface area (Å²) in [5.74, 6) is 0.165. The molecule has 2 saturated heterocycles. The minimum absolute atomic E-state index is 0.165. The van der Waals surface area contributed by atoms with E-state index in [1.807, 2.05) is 23.1 Å². The van der Waals surface area contributed by atoms with Crippen LogP contribution in [-0.4, -0.2) is 60.0 Å². The van der Waals surface area contributed by atoms with Crippen LogP contribution in [0, 0.1) is 0 Å². The van der Waals surface area contributed by atoms with Gasteiger partial charge in [-0.2, -0.15) is 0 Å². The minimum atomic E-state index is -0.272. The third-order valence-corrected chi connectivity index (χ3v) is 3.76. The van der Waals surface area contributed by atoms with Crippen LogP contribution in [0.4, 0.5) is 0 Å². The molecule has 2 aliphatic rings. The highest BCUT2D eigenvalue weighted by Gasteiger charge is 2.38. The highest BCUT2D eigenvalue weighted by Crippen LogP contribution is 2.21. The fraction of sp³-hybridized carbons (Fsp3) is 0.538. The summed E-state index contributed by atoms with van der Waals surface area (Å²) < 4.78 is 0. The number of likely N-dealkylation sites (N-methyl/N-ethyl adjacent to an activating group) is 1. The first-order valence-electron chi connectivity index (χ1n) is 6.39. The van der Waals surface area contributed by atoms with E-state index in [-0.39, 0.29) is 11.9 Å². The quantitative estimate of drug-likeness (QED) is 0.750. The molecular weight excluding hydrogens is 228 g/mol. The van der Waals surface area contributed by atoms with Crippen LogP contribution in [0.2, 0.25) is 0 Å². The van der Waals surface area contributed by atoms with Crippen molar-refractivity contribution in [2.45, 2.75) is 12.1 Å². The van der Waals surface area contributed by atoms with E-state index in [1.54, 1.807) is 6.20 Å². The van der Waals surface area contributed by atoms with Crippen LogP contribution in [0.1, 0.15) is 11.7 Å². The number of pyridine rings is 1. The summed E-state index contributed by atoms with van der Waals surface area (Å²) in [7, 11) is 2.10. The largest absolute Gasteiger partial charge is 0.334 e. The molecule has 1 N–H and O–H groups in total. The fourth-order valence-electron chi connectivity index (χ4n) is 2.76. The molecule has 1 aromatic rings. The van der Waals surface area contributed by atoms with Gasteiger partial charge in [0.15, 0.2) is 0 Å². The Bertz CT molecular complexity index is 436. The smallest absolute Gasteiger partial charge is 0.246 e. The van der Waals surface area contributed by atoms with Crippen LogP contribution in [0.15, 0.2) is 24.4 Å². The van der Waals surface area contributed by atoms with Crippen molar-refractivity contribution in [1.29, 1.82) is 0 Å². The van der Waals surface area contributed by atoms with Crippen LogP contribution in [-0.2, 0) is 4.79 Å². The topological polar surface area (TPSA) is 48.5 Å². The van der Waals surface area contributed by atoms with Gasteiger partial charge in [0.1, 0.15) is 6.04 Å². The highest BCUT2D eigenvalue weighted by atomic mass is 16.2. The maximum Gasteiger partial charge on any atom is 0.246 e. The molecule has 0 aliphatic carbocycles. The third-order valence-electron chi connectivity index (χ3n) is 3.76. The van der Waals surface area contributed by atoms with Gasteiger partial charge >= 0.3 is 0 Å². The van der Waals surface area contributed by atoms with Crippen molar-refractivity contribution in [3.63, 3.8) is 0 Å². The Morgan fingerprint density at radius 2 is 2.28 bits per heavy atom. The molecule has 2 atom stereocenters. The average Bonchev–Trinajstić information content (AvgIpc) is 2.40. The summed E-state index contributed by atoms with van der Waals surface area (Å²) in [6, 6.07) is 5.73. The van der Waals surface area contributed by atoms with Gasteiger partial charge in [0, 0.05) is 32.4 Å². The number of fused-ring (bicyclic) bond motifs is 1. The number of carbonyl (C=O) groups is 1. The van der Waals surface area contributed by atoms with E-state index >= 15 is 0 Å². The van der Waals surface area contributed by atoms with Gasteiger partial charge in [0.25, 0.3) is 0 Å². The second-order valence-electron chi connectivity index (χ2n) is 5.04. The van der Waals surface area contributed by atoms with Crippen molar-refractivity contribution in [1.82, 2.24) is 20.1 Å². The zero-order valence-corrected chi connectivity index (χ0v) is 10.5. The van der Waals surface area contributed by atoms with E-state index in [9.17, 15) is 4.79 Å². The van der Waals surface area contributed by atoms with Gasteiger partial charge in [-0.05, 0) is 19.2 Å². The number of nitrogens with zero attached hydrogens (tertiary/aromatic N) is 3. The Kier molecular flexibility index (Phi) is 3.01. The first kappa shape index (κ1) is 11.6. The Morgan fingerprint density at radius 3 is 3.06 bits per heavy atom. The second kappa shape index (κ2) is 4.66. The molecule has 0 bridgehead atoms. The number of rotatable bonds is 1. The van der Waals surface area contributed by atoms with Gasteiger partial charge in [0.05, 0.1) is 11.7 Å². The van der Waals surface area contributed by atoms with Crippen molar-refractivity contribution < 1.29 is 4.79 Å². The summed E-state index contributed by atoms with van der Waals surface area (Å²) in [5, 5.41) is 3.32. The Labute approximate surface area is 107 Å². The van der Waals surface area contributed by atoms with Crippen LogP contribution < -0.4 is 5.32 Å². The number of hydrogen-bond donors (Lipinski definition) is 1. The molecule has 0 radical (unpaired) electrons. The van der Waals surface area contributed by atoms with Crippen LogP contribution in [0.3, 0.4) is 0 Å². The summed E-state index contributed by atoms with van der Waals surface area (Å²) in [6.45, 7) is 3.58. The lowest BCUT2D eigenvalue weighted by Gasteiger charge is -2.45. The Morgan fingerprint density at radius 1 is 1.39 bits per heavy atom. The molecule has 2 fully saturated rings. The molecular formula is C13H18N4O. The zero-order valence-electron chi connectivity index (χ0n) is 10.5. The number of carbonyl (C=O) groups excluding carboxylic acids is 1. The van der Waals surface area contributed by atoms with Crippen molar-refractivity contribution in [3.8, 4) is 0 Å². The lowest BCUT2D eigenvalue weighted by Crippen LogP contribution is -2.63. The van der Waals surface area contributed by atoms with E-state index in [0.717, 1.165) is 31.9 Å². The third kappa shape index (κ3) is 2.00. The van der Waals surface area contributed by atoms with Crippen molar-refractivity contribution in [3.05, 3.63) is 30.1 Å². The number of hydrogen-bond acceptors (Lipinski definition) is 4. The fourth-order valence-corrected chi connectivity index (χ4v) is 2.76. The number of amides is 1. The lowest BCUT2D eigenvalue weighted by atomic mass is 10.0. The summed E-state index contributed by atoms with van der Waals surface area (Å²) >= 11 is 0. The molecule has 96 valence electrons. The average molecular weight is 246 g/mol. The lowest BCUT2D eigenvalue weighted by molar-refractivity contribution is -0.141. The molecule has 3 rings (SSSR count). The summed E-state index contributed by atoms with van der Waals surface area (Å²) in [4.78, 5) is 21.0. The normalized spacial score (nSPS) is 29.2. The first-order chi connectivity index (χ1) is 8.75. The molecule has 0 saturated carbocycles. The monoisotopic (exact) mass is 246 g/mol. The zero-order chi connectivity index (χ0) is 12.5. The van der Waals surface area contributed by atoms with Crippen LogP contribution in [0.25, 0.3) is 0 Å². The molecule has 1 aromatic heterocycles. The van der Waals surface area contributed by atoms with Gasteiger partial charge in [0.2, 0.25) is 5.91 Å². The Balaban J connectivity index is 1.79. The van der Waals surface area contributed by atoms with Gasteiger partial charge < -0.3 is 9.80 Å². The maximum atomic E-state index is 12.5. The van der Waals surface area contributed by atoms with Crippen LogP contribution >= 0.6 is 0 Å². The van der Waals surface area contributed by atoms with Crippen molar-refractivity contribution in [2.75, 3.05) is 33.2 Å². The van der Waals surface area contributed by atoms with E-state index in [4.69, 9.17) is 0 Å². The summed E-state index contributed by atoms with van der Waals surface area (Å²) in [6.07, 6.45) is 1.74. The van der Waals surface area contributed by atoms with Gasteiger partial charge in [-0.25, -0.2) is 0 Å². The number of piperazine rings is 2. The predicted molar refractivity (Wildman–Crippen MR) is 68.0 cm³/mol. The molecule has 2 unspecified atom stereocenters. The minimum Gasteiger partial charge on any atom is -0.334 e. The van der Waals surface area contributed by atoms with E-state index in [0.29, 0.717) is 6.04 Å². The van der Waals surface area contributed by atoms with Crippen molar-refractivity contribution >= 4 is 5.91 Å². The second-order valence-corrected chi connectivity index (χ2v) is 5.04. The standard InChI is InChI=1S/C13H18N4O/c1-16-6-7-17-10(9-16)8-15-12(13(17)18)11-4-2-3-5-14-11/h2-5,10,12,15H,6-9H2,1H3. The Hall–Kier alpha value is -1.46. The molecule has 5 nitrogen and oxygen atoms in total. The van der Waals surface area contributed by atoms with Crippen LogP contribution in [0.5, 0.6) is 0 Å². The predicted octanol–water partition coefficient (Wildman–Crippen LogP) is -0.131. The molecule has 2 aliphatic heterocycles. The van der Waals surface area contributed by atoms with Crippen molar-refractivity contribution in [2.24, 2.45) is 0 Å². The molecule has 3 heterocycles. The van der Waals surface area contributed by atoms with E-state index < -0.39 is 0 Å². The number of aromatic nitrogens is 1. The molecule has 18 heavy (non-hydrogen) atoms. The van der Waals surface area contributed by atoms with Gasteiger partial charge in [-0.1, -0.05) is 6.07 Å². The molecule has 0 aromatic carbocycles.